The van der Waals surface area contributed by atoms with E-state index in [0.29, 0.717) is 18.8 Å². The Kier molecular flexibility index (Phi) is 5.70. The highest BCUT2D eigenvalue weighted by Gasteiger charge is 2.29. The summed E-state index contributed by atoms with van der Waals surface area (Å²) in [5, 5.41) is 7.46. The fourth-order valence-electron chi connectivity index (χ4n) is 4.22. The Bertz CT molecular complexity index is 1410. The van der Waals surface area contributed by atoms with Gasteiger partial charge in [-0.25, -0.2) is 8.78 Å². The zero-order chi connectivity index (χ0) is 23.8. The quantitative estimate of drug-likeness (QED) is 0.483. The predicted molar refractivity (Wildman–Crippen MR) is 125 cm³/mol. The Morgan fingerprint density at radius 2 is 1.94 bits per heavy atom. The minimum absolute atomic E-state index is 0.0504. The third-order valence-corrected chi connectivity index (χ3v) is 6.10. The van der Waals surface area contributed by atoms with E-state index in [1.54, 1.807) is 6.07 Å². The molecule has 1 aliphatic rings. The van der Waals surface area contributed by atoms with Crippen LogP contribution in [-0.4, -0.2) is 40.9 Å². The number of hydrogen-bond donors (Lipinski definition) is 1. The Labute approximate surface area is 194 Å². The lowest BCUT2D eigenvalue weighted by Gasteiger charge is -2.13. The lowest BCUT2D eigenvalue weighted by Crippen LogP contribution is -2.29. The molecule has 174 valence electrons. The van der Waals surface area contributed by atoms with Crippen LogP contribution in [0.2, 0.25) is 0 Å². The van der Waals surface area contributed by atoms with Crippen LogP contribution in [0, 0.1) is 18.6 Å². The van der Waals surface area contributed by atoms with Gasteiger partial charge in [0.05, 0.1) is 11.3 Å². The Hall–Kier alpha value is -3.85. The van der Waals surface area contributed by atoms with Crippen molar-refractivity contribution in [3.63, 3.8) is 0 Å². The molecule has 5 rings (SSSR count). The second-order valence-electron chi connectivity index (χ2n) is 8.27. The van der Waals surface area contributed by atoms with Gasteiger partial charge >= 0.3 is 0 Å². The topological polar surface area (TPSA) is 76.2 Å². The molecule has 7 nitrogen and oxygen atoms in total. The van der Waals surface area contributed by atoms with Crippen LogP contribution in [0.3, 0.4) is 0 Å². The first-order valence-corrected chi connectivity index (χ1v) is 11.0. The molecule has 1 unspecified atom stereocenters. The van der Waals surface area contributed by atoms with Crippen molar-refractivity contribution >= 4 is 6.01 Å². The van der Waals surface area contributed by atoms with Crippen LogP contribution in [0.15, 0.2) is 63.9 Å². The molecule has 0 aliphatic carbocycles. The first kappa shape index (κ1) is 22.0. The highest BCUT2D eigenvalue weighted by Crippen LogP contribution is 2.36. The van der Waals surface area contributed by atoms with Gasteiger partial charge in [-0.2, -0.15) is 14.8 Å². The Morgan fingerprint density at radius 1 is 1.12 bits per heavy atom. The zero-order valence-corrected chi connectivity index (χ0v) is 18.8. The molecule has 0 bridgehead atoms. The lowest BCUT2D eigenvalue weighted by atomic mass is 10.1. The highest BCUT2D eigenvalue weighted by molar-refractivity contribution is 5.78. The van der Waals surface area contributed by atoms with E-state index in [1.807, 2.05) is 37.1 Å². The summed E-state index contributed by atoms with van der Waals surface area (Å²) >= 11 is 0. The van der Waals surface area contributed by atoms with Crippen molar-refractivity contribution in [2.45, 2.75) is 19.4 Å². The first-order valence-electron chi connectivity index (χ1n) is 11.0. The summed E-state index contributed by atoms with van der Waals surface area (Å²) < 4.78 is 35.8. The highest BCUT2D eigenvalue weighted by atomic mass is 19.1. The van der Waals surface area contributed by atoms with E-state index in [2.05, 4.69) is 15.4 Å². The number of halogens is 2. The van der Waals surface area contributed by atoms with E-state index in [4.69, 9.17) is 4.42 Å². The van der Waals surface area contributed by atoms with Crippen molar-refractivity contribution in [3.05, 3.63) is 82.3 Å². The van der Waals surface area contributed by atoms with Crippen LogP contribution in [0.4, 0.5) is 14.8 Å². The van der Waals surface area contributed by atoms with E-state index in [0.717, 1.165) is 24.1 Å². The molecule has 1 aliphatic heterocycles. The van der Waals surface area contributed by atoms with Crippen LogP contribution in [0.1, 0.15) is 12.0 Å². The van der Waals surface area contributed by atoms with Crippen molar-refractivity contribution in [2.75, 3.05) is 25.0 Å². The van der Waals surface area contributed by atoms with E-state index in [1.165, 1.54) is 23.0 Å². The monoisotopic (exact) mass is 463 g/mol. The molecule has 34 heavy (non-hydrogen) atoms. The average Bonchev–Trinajstić information content (AvgIpc) is 3.47. The van der Waals surface area contributed by atoms with Gasteiger partial charge in [-0.1, -0.05) is 18.2 Å². The third kappa shape index (κ3) is 3.88. The molecule has 0 saturated carbocycles. The molecule has 0 radical (unpaired) electrons. The number of aromatic nitrogens is 3. The van der Waals surface area contributed by atoms with Gasteiger partial charge in [0.1, 0.15) is 17.3 Å². The van der Waals surface area contributed by atoms with Gasteiger partial charge in [0.25, 0.3) is 11.6 Å². The normalized spacial score (nSPS) is 15.8. The molecule has 0 amide bonds. The fourth-order valence-corrected chi connectivity index (χ4v) is 4.22. The maximum atomic E-state index is 14.8. The number of likely N-dealkylation sites (N-methyl/N-ethyl adjacent to an activating group) is 1. The van der Waals surface area contributed by atoms with Gasteiger partial charge in [-0.15, -0.1) is 0 Å². The standard InChI is InChI=1S/C25H23F2N5O2/c1-15-5-3-4-6-21(15)32-24(33)19(9-11-29-32)23-22(18-8-7-16(26)13-20(18)27)30-25(34-23)31-12-10-17(14-31)28-2/h3-9,11,13,17,28H,10,12,14H2,1-2H3. The van der Waals surface area contributed by atoms with E-state index in [-0.39, 0.29) is 34.6 Å². The number of hydrogen-bond acceptors (Lipinski definition) is 6. The minimum Gasteiger partial charge on any atom is -0.423 e. The summed E-state index contributed by atoms with van der Waals surface area (Å²) in [6.07, 6.45) is 2.38. The SMILES string of the molecule is CNC1CCN(c2nc(-c3ccc(F)cc3F)c(-c3ccnn(-c4ccccc4C)c3=O)o2)C1. The fraction of sp³-hybridized carbons (Fsp3) is 0.240. The van der Waals surface area contributed by atoms with Crippen LogP contribution < -0.4 is 15.8 Å². The number of oxazole rings is 1. The summed E-state index contributed by atoms with van der Waals surface area (Å²) in [7, 11) is 1.89. The van der Waals surface area contributed by atoms with Crippen molar-refractivity contribution in [3.8, 4) is 28.3 Å². The third-order valence-electron chi connectivity index (χ3n) is 6.10. The second kappa shape index (κ2) is 8.83. The first-order chi connectivity index (χ1) is 16.5. The Balaban J connectivity index is 1.69. The van der Waals surface area contributed by atoms with Gasteiger partial charge in [0.2, 0.25) is 0 Å². The Morgan fingerprint density at radius 3 is 2.68 bits per heavy atom. The van der Waals surface area contributed by atoms with Gasteiger partial charge in [-0.05, 0) is 50.2 Å². The summed E-state index contributed by atoms with van der Waals surface area (Å²) in [6.45, 7) is 3.24. The molecule has 0 spiro atoms. The predicted octanol–water partition coefficient (Wildman–Crippen LogP) is 3.94. The molecule has 2 aromatic heterocycles. The van der Waals surface area contributed by atoms with E-state index in [9.17, 15) is 13.6 Å². The maximum absolute atomic E-state index is 14.8. The summed E-state index contributed by atoms with van der Waals surface area (Å²) in [5.41, 5.74) is 1.43. The lowest BCUT2D eigenvalue weighted by molar-refractivity contribution is 0.552. The number of nitrogens with one attached hydrogen (secondary N) is 1. The van der Waals surface area contributed by atoms with E-state index < -0.39 is 17.2 Å². The number of anilines is 1. The number of rotatable bonds is 5. The molecule has 1 N–H and O–H groups in total. The molecule has 1 saturated heterocycles. The second-order valence-corrected chi connectivity index (χ2v) is 8.27. The van der Waals surface area contributed by atoms with E-state index >= 15 is 0 Å². The van der Waals surface area contributed by atoms with Gasteiger partial charge < -0.3 is 14.6 Å². The van der Waals surface area contributed by atoms with Crippen LogP contribution in [0.5, 0.6) is 0 Å². The summed E-state index contributed by atoms with van der Waals surface area (Å²) in [5.74, 6) is -1.37. The van der Waals surface area contributed by atoms with Crippen LogP contribution in [-0.2, 0) is 0 Å². The zero-order valence-electron chi connectivity index (χ0n) is 18.8. The molecule has 4 aromatic rings. The van der Waals surface area contributed by atoms with Crippen molar-refractivity contribution < 1.29 is 13.2 Å². The number of aryl methyl sites for hydroxylation is 1. The molecule has 1 fully saturated rings. The maximum Gasteiger partial charge on any atom is 0.298 e. The number of benzene rings is 2. The van der Waals surface area contributed by atoms with Crippen molar-refractivity contribution in [2.24, 2.45) is 0 Å². The summed E-state index contributed by atoms with van der Waals surface area (Å²) in [6, 6.07) is 12.7. The van der Waals surface area contributed by atoms with Gasteiger partial charge in [0.15, 0.2) is 5.76 Å². The van der Waals surface area contributed by atoms with Crippen molar-refractivity contribution in [1.29, 1.82) is 0 Å². The number of nitrogens with zero attached hydrogens (tertiary/aromatic N) is 4. The molecular weight excluding hydrogens is 440 g/mol. The van der Waals surface area contributed by atoms with Gasteiger partial charge in [0, 0.05) is 37.0 Å². The van der Waals surface area contributed by atoms with Crippen molar-refractivity contribution in [1.82, 2.24) is 20.1 Å². The smallest absolute Gasteiger partial charge is 0.298 e. The molecule has 3 heterocycles. The molecule has 2 aromatic carbocycles. The van der Waals surface area contributed by atoms with Crippen LogP contribution >= 0.6 is 0 Å². The van der Waals surface area contributed by atoms with Gasteiger partial charge in [-0.3, -0.25) is 4.79 Å². The largest absolute Gasteiger partial charge is 0.423 e. The van der Waals surface area contributed by atoms with Crippen LogP contribution in [0.25, 0.3) is 28.3 Å². The minimum atomic E-state index is -0.788. The number of para-hydroxylation sites is 1. The average molecular weight is 463 g/mol. The molecular formula is C25H23F2N5O2. The summed E-state index contributed by atoms with van der Waals surface area (Å²) in [4.78, 5) is 20.0. The molecule has 1 atom stereocenters. The molecule has 9 heteroatoms.